The highest BCUT2D eigenvalue weighted by Crippen LogP contribution is 2.44. The van der Waals surface area contributed by atoms with Crippen LogP contribution >= 0.6 is 0 Å². The molecule has 1 fully saturated rings. The van der Waals surface area contributed by atoms with Crippen LogP contribution in [0.4, 0.5) is 4.79 Å². The summed E-state index contributed by atoms with van der Waals surface area (Å²) < 4.78 is 5.56. The zero-order chi connectivity index (χ0) is 24.2. The maximum absolute atomic E-state index is 12.8. The van der Waals surface area contributed by atoms with E-state index in [2.05, 4.69) is 22.8 Å². The zero-order valence-corrected chi connectivity index (χ0v) is 19.5. The molecule has 1 saturated carbocycles. The first kappa shape index (κ1) is 23.8. The molecule has 0 saturated heterocycles. The number of hydrogen-bond donors (Lipinski definition) is 3. The van der Waals surface area contributed by atoms with Crippen LogP contribution in [0, 0.1) is 5.92 Å². The van der Waals surface area contributed by atoms with Gasteiger partial charge in [-0.3, -0.25) is 4.79 Å². The van der Waals surface area contributed by atoms with Gasteiger partial charge in [-0.2, -0.15) is 0 Å². The topological polar surface area (TPSA) is 108 Å². The lowest BCUT2D eigenvalue weighted by Gasteiger charge is -2.24. The predicted molar refractivity (Wildman–Crippen MR) is 127 cm³/mol. The molecule has 2 aromatic rings. The number of fused-ring (bicyclic) bond motifs is 3. The average Bonchev–Trinajstić information content (AvgIpc) is 3.57. The van der Waals surface area contributed by atoms with Gasteiger partial charge in [-0.25, -0.2) is 9.59 Å². The summed E-state index contributed by atoms with van der Waals surface area (Å²) in [7, 11) is 3.55. The van der Waals surface area contributed by atoms with E-state index >= 15 is 0 Å². The Hall–Kier alpha value is -3.39. The highest BCUT2D eigenvalue weighted by molar-refractivity contribution is 5.89. The standard InChI is InChI=1S/C26H31N3O5/c1-29(2)14-23(24(30)27-22(25(31)32)13-16-11-12-16)28-26(33)34-15-21-19-9-5-3-7-17(19)18-8-4-6-10-20(18)21/h3-10,16,21-23H,11-15H2,1-2H3,(H,27,30)(H,28,33)(H,31,32)/t22?,23-/m0/s1. The monoisotopic (exact) mass is 465 g/mol. The molecule has 180 valence electrons. The highest BCUT2D eigenvalue weighted by atomic mass is 16.5. The Morgan fingerprint density at radius 2 is 1.56 bits per heavy atom. The second kappa shape index (κ2) is 10.3. The Morgan fingerprint density at radius 3 is 2.09 bits per heavy atom. The van der Waals surface area contributed by atoms with Crippen LogP contribution in [0.15, 0.2) is 48.5 Å². The van der Waals surface area contributed by atoms with Gasteiger partial charge in [-0.1, -0.05) is 61.4 Å². The summed E-state index contributed by atoms with van der Waals surface area (Å²) in [5.41, 5.74) is 4.46. The predicted octanol–water partition coefficient (Wildman–Crippen LogP) is 2.82. The van der Waals surface area contributed by atoms with Crippen LogP contribution in [0.1, 0.15) is 36.3 Å². The van der Waals surface area contributed by atoms with Crippen molar-refractivity contribution in [1.29, 1.82) is 0 Å². The molecule has 0 aromatic heterocycles. The number of carbonyl (C=O) groups excluding carboxylic acids is 2. The number of likely N-dealkylation sites (N-methyl/N-ethyl adjacent to an activating group) is 1. The summed E-state index contributed by atoms with van der Waals surface area (Å²) in [4.78, 5) is 38.9. The molecule has 2 aliphatic rings. The van der Waals surface area contributed by atoms with Crippen molar-refractivity contribution in [1.82, 2.24) is 15.5 Å². The van der Waals surface area contributed by atoms with Gasteiger partial charge in [0.2, 0.25) is 5.91 Å². The van der Waals surface area contributed by atoms with Gasteiger partial charge in [0.1, 0.15) is 18.7 Å². The van der Waals surface area contributed by atoms with Crippen LogP contribution < -0.4 is 10.6 Å². The molecule has 0 radical (unpaired) electrons. The molecule has 8 nitrogen and oxygen atoms in total. The zero-order valence-electron chi connectivity index (χ0n) is 19.5. The van der Waals surface area contributed by atoms with Crippen molar-refractivity contribution in [3.8, 4) is 11.1 Å². The summed E-state index contributed by atoms with van der Waals surface area (Å²) in [6.07, 6.45) is 1.66. The summed E-state index contributed by atoms with van der Waals surface area (Å²) >= 11 is 0. The molecule has 2 atom stereocenters. The molecule has 2 amide bonds. The van der Waals surface area contributed by atoms with Crippen molar-refractivity contribution >= 4 is 18.0 Å². The number of nitrogens with one attached hydrogen (secondary N) is 2. The number of alkyl carbamates (subject to hydrolysis) is 1. The first-order valence-electron chi connectivity index (χ1n) is 11.6. The minimum atomic E-state index is -1.06. The van der Waals surface area contributed by atoms with Crippen molar-refractivity contribution in [2.45, 2.75) is 37.3 Å². The molecule has 2 aliphatic carbocycles. The number of benzene rings is 2. The molecule has 2 aromatic carbocycles. The van der Waals surface area contributed by atoms with Gasteiger partial charge in [0.05, 0.1) is 0 Å². The summed E-state index contributed by atoms with van der Waals surface area (Å²) in [6, 6.07) is 14.2. The number of hydrogen-bond acceptors (Lipinski definition) is 5. The third-order valence-corrected chi connectivity index (χ3v) is 6.38. The Morgan fingerprint density at radius 1 is 0.971 bits per heavy atom. The lowest BCUT2D eigenvalue weighted by molar-refractivity contribution is -0.142. The second-order valence-electron chi connectivity index (χ2n) is 9.36. The number of ether oxygens (including phenoxy) is 1. The van der Waals surface area contributed by atoms with Gasteiger partial charge in [0.25, 0.3) is 0 Å². The second-order valence-corrected chi connectivity index (χ2v) is 9.36. The fourth-order valence-corrected chi connectivity index (χ4v) is 4.52. The summed E-state index contributed by atoms with van der Waals surface area (Å²) in [6.45, 7) is 0.349. The molecule has 34 heavy (non-hydrogen) atoms. The van der Waals surface area contributed by atoms with E-state index in [1.165, 1.54) is 0 Å². The Kier molecular flexibility index (Phi) is 7.17. The number of carboxylic acid groups (broad SMARTS) is 1. The van der Waals surface area contributed by atoms with Crippen molar-refractivity contribution in [3.05, 3.63) is 59.7 Å². The highest BCUT2D eigenvalue weighted by Gasteiger charge is 2.33. The van der Waals surface area contributed by atoms with Crippen LogP contribution in [0.5, 0.6) is 0 Å². The SMILES string of the molecule is CN(C)C[C@H](NC(=O)OCC1c2ccccc2-c2ccccc21)C(=O)NC(CC1CC1)C(=O)O. The number of carboxylic acids is 1. The normalized spacial score (nSPS) is 16.3. The number of rotatable bonds is 10. The number of carbonyl (C=O) groups is 3. The molecule has 0 aliphatic heterocycles. The van der Waals surface area contributed by atoms with Gasteiger partial charge in [-0.05, 0) is 48.7 Å². The Bertz CT molecular complexity index is 1020. The minimum absolute atomic E-state index is 0.0887. The van der Waals surface area contributed by atoms with Crippen molar-refractivity contribution in [2.75, 3.05) is 27.2 Å². The van der Waals surface area contributed by atoms with Gasteiger partial charge >= 0.3 is 12.1 Å². The number of amides is 2. The molecule has 4 rings (SSSR count). The van der Waals surface area contributed by atoms with Crippen LogP contribution in [0.3, 0.4) is 0 Å². The lowest BCUT2D eigenvalue weighted by atomic mass is 9.98. The molecule has 8 heteroatoms. The van der Waals surface area contributed by atoms with Crippen LogP contribution in [-0.2, 0) is 14.3 Å². The summed E-state index contributed by atoms with van der Waals surface area (Å²) in [5.74, 6) is -1.35. The molecular weight excluding hydrogens is 434 g/mol. The van der Waals surface area contributed by atoms with E-state index in [-0.39, 0.29) is 19.1 Å². The maximum atomic E-state index is 12.8. The number of nitrogens with zero attached hydrogens (tertiary/aromatic N) is 1. The largest absolute Gasteiger partial charge is 0.480 e. The van der Waals surface area contributed by atoms with E-state index in [1.54, 1.807) is 19.0 Å². The fourth-order valence-electron chi connectivity index (χ4n) is 4.52. The molecule has 0 bridgehead atoms. The van der Waals surface area contributed by atoms with E-state index in [4.69, 9.17) is 4.74 Å². The van der Waals surface area contributed by atoms with Crippen molar-refractivity contribution in [3.63, 3.8) is 0 Å². The van der Waals surface area contributed by atoms with Gasteiger partial charge in [0, 0.05) is 12.5 Å². The van der Waals surface area contributed by atoms with E-state index in [0.717, 1.165) is 35.1 Å². The van der Waals surface area contributed by atoms with Gasteiger partial charge in [-0.15, -0.1) is 0 Å². The molecule has 0 heterocycles. The van der Waals surface area contributed by atoms with Crippen LogP contribution in [-0.4, -0.2) is 67.3 Å². The van der Waals surface area contributed by atoms with E-state index in [1.807, 2.05) is 36.4 Å². The lowest BCUT2D eigenvalue weighted by Crippen LogP contribution is -2.55. The van der Waals surface area contributed by atoms with Gasteiger partial charge < -0.3 is 25.4 Å². The van der Waals surface area contributed by atoms with E-state index in [0.29, 0.717) is 12.3 Å². The third kappa shape index (κ3) is 5.56. The molecular formula is C26H31N3O5. The average molecular weight is 466 g/mol. The first-order chi connectivity index (χ1) is 16.3. The smallest absolute Gasteiger partial charge is 0.407 e. The van der Waals surface area contributed by atoms with Crippen LogP contribution in [0.25, 0.3) is 11.1 Å². The molecule has 1 unspecified atom stereocenters. The Labute approximate surface area is 199 Å². The van der Waals surface area contributed by atoms with Crippen LogP contribution in [0.2, 0.25) is 0 Å². The molecule has 3 N–H and O–H groups in total. The quantitative estimate of drug-likeness (QED) is 0.498. The third-order valence-electron chi connectivity index (χ3n) is 6.38. The summed E-state index contributed by atoms with van der Waals surface area (Å²) in [5, 5.41) is 14.7. The first-order valence-corrected chi connectivity index (χ1v) is 11.6. The van der Waals surface area contributed by atoms with Crippen molar-refractivity contribution in [2.24, 2.45) is 5.92 Å². The number of aliphatic carboxylic acids is 1. The van der Waals surface area contributed by atoms with Gasteiger partial charge in [0.15, 0.2) is 0 Å². The fraction of sp³-hybridized carbons (Fsp3) is 0.423. The minimum Gasteiger partial charge on any atom is -0.480 e. The Balaban J connectivity index is 1.39. The van der Waals surface area contributed by atoms with Crippen molar-refractivity contribution < 1.29 is 24.2 Å². The molecule has 0 spiro atoms. The van der Waals surface area contributed by atoms with E-state index < -0.39 is 30.1 Å². The maximum Gasteiger partial charge on any atom is 0.407 e. The van der Waals surface area contributed by atoms with E-state index in [9.17, 15) is 19.5 Å².